The van der Waals surface area contributed by atoms with Gasteiger partial charge in [-0.1, -0.05) is 13.3 Å². The van der Waals surface area contributed by atoms with Crippen molar-refractivity contribution in [1.82, 2.24) is 4.57 Å². The Morgan fingerprint density at radius 1 is 1.47 bits per heavy atom. The number of carbonyl (C=O) groups is 2. The Labute approximate surface area is 112 Å². The van der Waals surface area contributed by atoms with E-state index in [9.17, 15) is 9.59 Å². The molecule has 0 spiro atoms. The number of anilines is 1. The van der Waals surface area contributed by atoms with E-state index < -0.39 is 18.0 Å². The Bertz CT molecular complexity index is 465. The largest absolute Gasteiger partial charge is 0.479 e. The summed E-state index contributed by atoms with van der Waals surface area (Å²) in [5, 5.41) is 8.98. The highest BCUT2D eigenvalue weighted by molar-refractivity contribution is 5.91. The first-order valence-electron chi connectivity index (χ1n) is 6.28. The topological polar surface area (TPSA) is 94.5 Å². The van der Waals surface area contributed by atoms with Crippen LogP contribution in [0.4, 0.5) is 5.69 Å². The molecule has 0 aliphatic rings. The maximum Gasteiger partial charge on any atom is 0.355 e. The van der Waals surface area contributed by atoms with Gasteiger partial charge in [-0.05, 0) is 26.3 Å². The zero-order valence-electron chi connectivity index (χ0n) is 11.4. The van der Waals surface area contributed by atoms with Crippen molar-refractivity contribution in [2.45, 2.75) is 45.8 Å². The zero-order valence-corrected chi connectivity index (χ0v) is 11.4. The molecular formula is C13H20N2O4. The van der Waals surface area contributed by atoms with Crippen LogP contribution in [0.25, 0.3) is 0 Å². The van der Waals surface area contributed by atoms with Crippen LogP contribution in [0.3, 0.4) is 0 Å². The smallest absolute Gasteiger partial charge is 0.355 e. The van der Waals surface area contributed by atoms with Crippen LogP contribution in [-0.2, 0) is 9.53 Å². The molecule has 1 aromatic heterocycles. The number of carboxylic acids is 1. The summed E-state index contributed by atoms with van der Waals surface area (Å²) in [7, 11) is 0. The third-order valence-corrected chi connectivity index (χ3v) is 2.71. The van der Waals surface area contributed by atoms with Gasteiger partial charge in [0.15, 0.2) is 6.10 Å². The molecule has 0 aliphatic carbocycles. The van der Waals surface area contributed by atoms with E-state index in [0.29, 0.717) is 18.5 Å². The van der Waals surface area contributed by atoms with Crippen LogP contribution in [0, 0.1) is 0 Å². The molecule has 106 valence electrons. The van der Waals surface area contributed by atoms with Crippen LogP contribution in [0.15, 0.2) is 12.3 Å². The number of carbonyl (C=O) groups excluding carboxylic acids is 1. The minimum absolute atomic E-state index is 0.0364. The molecule has 0 saturated carbocycles. The molecule has 1 rings (SSSR count). The Morgan fingerprint density at radius 3 is 2.58 bits per heavy atom. The third-order valence-electron chi connectivity index (χ3n) is 2.71. The summed E-state index contributed by atoms with van der Waals surface area (Å²) in [5.74, 6) is -1.79. The highest BCUT2D eigenvalue weighted by Gasteiger charge is 2.24. The monoisotopic (exact) mass is 268 g/mol. The van der Waals surface area contributed by atoms with Crippen LogP contribution < -0.4 is 5.73 Å². The van der Waals surface area contributed by atoms with Gasteiger partial charge in [0.2, 0.25) is 0 Å². The van der Waals surface area contributed by atoms with Crippen LogP contribution in [0.5, 0.6) is 0 Å². The minimum Gasteiger partial charge on any atom is -0.479 e. The van der Waals surface area contributed by atoms with Gasteiger partial charge in [0.05, 0.1) is 5.69 Å². The zero-order chi connectivity index (χ0) is 14.6. The fraction of sp³-hybridized carbons (Fsp3) is 0.538. The molecule has 0 aliphatic heterocycles. The van der Waals surface area contributed by atoms with Crippen LogP contribution in [0.2, 0.25) is 0 Å². The lowest BCUT2D eigenvalue weighted by atomic mass is 10.2. The van der Waals surface area contributed by atoms with Gasteiger partial charge in [-0.25, -0.2) is 9.59 Å². The third kappa shape index (κ3) is 3.74. The van der Waals surface area contributed by atoms with Gasteiger partial charge in [-0.3, -0.25) is 0 Å². The van der Waals surface area contributed by atoms with Crippen molar-refractivity contribution in [2.24, 2.45) is 0 Å². The average Bonchev–Trinajstić information content (AvgIpc) is 2.70. The molecule has 6 heteroatoms. The van der Waals surface area contributed by atoms with Gasteiger partial charge in [-0.2, -0.15) is 0 Å². The second-order valence-electron chi connectivity index (χ2n) is 4.68. The maximum atomic E-state index is 12.0. The summed E-state index contributed by atoms with van der Waals surface area (Å²) < 4.78 is 6.70. The number of carboxylic acid groups (broad SMARTS) is 1. The molecule has 19 heavy (non-hydrogen) atoms. The summed E-state index contributed by atoms with van der Waals surface area (Å²) >= 11 is 0. The maximum absolute atomic E-state index is 12.0. The van der Waals surface area contributed by atoms with Crippen molar-refractivity contribution in [3.63, 3.8) is 0 Å². The summed E-state index contributed by atoms with van der Waals surface area (Å²) in [5.41, 5.74) is 6.38. The molecule has 0 saturated heterocycles. The van der Waals surface area contributed by atoms with E-state index in [2.05, 4.69) is 0 Å². The first-order chi connectivity index (χ1) is 8.86. The lowest BCUT2D eigenvalue weighted by molar-refractivity contribution is -0.147. The normalized spacial score (nSPS) is 12.4. The molecule has 0 fully saturated rings. The fourth-order valence-electron chi connectivity index (χ4n) is 1.78. The Hall–Kier alpha value is -1.98. The molecule has 1 aromatic rings. The molecule has 0 aromatic carbocycles. The minimum atomic E-state index is -1.13. The van der Waals surface area contributed by atoms with E-state index in [4.69, 9.17) is 15.6 Å². The first kappa shape index (κ1) is 15.1. The second kappa shape index (κ2) is 6.26. The van der Waals surface area contributed by atoms with Crippen molar-refractivity contribution in [1.29, 1.82) is 0 Å². The number of esters is 1. The Morgan fingerprint density at radius 2 is 2.11 bits per heavy atom. The molecule has 0 radical (unpaired) electrons. The molecule has 6 nitrogen and oxygen atoms in total. The van der Waals surface area contributed by atoms with E-state index in [1.807, 2.05) is 20.8 Å². The quantitative estimate of drug-likeness (QED) is 0.770. The number of hydrogen-bond acceptors (Lipinski definition) is 4. The molecule has 1 heterocycles. The SMILES string of the molecule is CCCC(OC(=O)c1cc(N)cn1C(C)C)C(=O)O. The Kier molecular flexibility index (Phi) is 4.97. The lowest BCUT2D eigenvalue weighted by Gasteiger charge is -2.15. The first-order valence-corrected chi connectivity index (χ1v) is 6.28. The predicted molar refractivity (Wildman–Crippen MR) is 71.0 cm³/mol. The molecule has 3 N–H and O–H groups in total. The van der Waals surface area contributed by atoms with Gasteiger partial charge in [0, 0.05) is 12.2 Å². The summed E-state index contributed by atoms with van der Waals surface area (Å²) in [6, 6.07) is 1.53. The fourth-order valence-corrected chi connectivity index (χ4v) is 1.78. The van der Waals surface area contributed by atoms with E-state index in [1.165, 1.54) is 6.07 Å². The van der Waals surface area contributed by atoms with Crippen molar-refractivity contribution >= 4 is 17.6 Å². The van der Waals surface area contributed by atoms with Gasteiger partial charge >= 0.3 is 11.9 Å². The molecule has 1 atom stereocenters. The number of aliphatic carboxylic acids is 1. The summed E-state index contributed by atoms with van der Waals surface area (Å²) in [6.45, 7) is 5.63. The van der Waals surface area contributed by atoms with Crippen molar-refractivity contribution in [2.75, 3.05) is 5.73 Å². The van der Waals surface area contributed by atoms with Crippen molar-refractivity contribution < 1.29 is 19.4 Å². The number of nitrogen functional groups attached to an aromatic ring is 1. The molecule has 0 bridgehead atoms. The van der Waals surface area contributed by atoms with E-state index >= 15 is 0 Å². The van der Waals surface area contributed by atoms with Crippen molar-refractivity contribution in [3.8, 4) is 0 Å². The summed E-state index contributed by atoms with van der Waals surface area (Å²) in [6.07, 6.45) is 1.43. The highest BCUT2D eigenvalue weighted by atomic mass is 16.6. The van der Waals surface area contributed by atoms with Gasteiger partial charge in [-0.15, -0.1) is 0 Å². The van der Waals surface area contributed by atoms with Crippen molar-refractivity contribution in [3.05, 3.63) is 18.0 Å². The van der Waals surface area contributed by atoms with Crippen LogP contribution >= 0.6 is 0 Å². The standard InChI is InChI=1S/C13H20N2O4/c1-4-5-11(12(16)17)19-13(18)10-6-9(14)7-15(10)8(2)3/h6-8,11H,4-5,14H2,1-3H3,(H,16,17). The lowest BCUT2D eigenvalue weighted by Crippen LogP contribution is -2.28. The number of aromatic nitrogens is 1. The predicted octanol–water partition coefficient (Wildman–Crippen LogP) is 2.06. The van der Waals surface area contributed by atoms with Gasteiger partial charge in [0.25, 0.3) is 0 Å². The highest BCUT2D eigenvalue weighted by Crippen LogP contribution is 2.18. The summed E-state index contributed by atoms with van der Waals surface area (Å²) in [4.78, 5) is 23.0. The number of hydrogen-bond donors (Lipinski definition) is 2. The number of nitrogens with zero attached hydrogens (tertiary/aromatic N) is 1. The Balaban J connectivity index is 2.91. The average molecular weight is 268 g/mol. The number of rotatable bonds is 6. The number of ether oxygens (including phenoxy) is 1. The van der Waals surface area contributed by atoms with Crippen LogP contribution in [-0.4, -0.2) is 27.7 Å². The molecular weight excluding hydrogens is 248 g/mol. The second-order valence-corrected chi connectivity index (χ2v) is 4.68. The number of nitrogens with two attached hydrogens (primary N) is 1. The van der Waals surface area contributed by atoms with E-state index in [0.717, 1.165) is 0 Å². The van der Waals surface area contributed by atoms with E-state index in [-0.39, 0.29) is 11.7 Å². The molecule has 0 amide bonds. The van der Waals surface area contributed by atoms with E-state index in [1.54, 1.807) is 10.8 Å². The van der Waals surface area contributed by atoms with Gasteiger partial charge < -0.3 is 20.1 Å². The molecule has 1 unspecified atom stereocenters. The van der Waals surface area contributed by atoms with Crippen LogP contribution in [0.1, 0.15) is 50.1 Å². The van der Waals surface area contributed by atoms with Gasteiger partial charge in [0.1, 0.15) is 5.69 Å².